The molecule has 198 valence electrons. The molecule has 1 aromatic heterocycles. The van der Waals surface area contributed by atoms with E-state index in [1.807, 2.05) is 47.5 Å². The molecule has 0 bridgehead atoms. The van der Waals surface area contributed by atoms with E-state index in [1.54, 1.807) is 17.0 Å². The second-order valence-corrected chi connectivity index (χ2v) is 10.9. The van der Waals surface area contributed by atoms with Crippen LogP contribution in [0.4, 0.5) is 5.13 Å². The van der Waals surface area contributed by atoms with Crippen molar-refractivity contribution in [2.75, 3.05) is 38.0 Å². The maximum atomic E-state index is 13.0. The van der Waals surface area contributed by atoms with Crippen LogP contribution in [0, 0.1) is 6.92 Å². The van der Waals surface area contributed by atoms with Crippen LogP contribution >= 0.6 is 11.3 Å². The van der Waals surface area contributed by atoms with E-state index in [-0.39, 0.29) is 36.7 Å². The van der Waals surface area contributed by atoms with Crippen LogP contribution in [0.1, 0.15) is 40.0 Å². The van der Waals surface area contributed by atoms with Crippen molar-refractivity contribution in [1.29, 1.82) is 0 Å². The molecule has 2 heterocycles. The maximum Gasteiger partial charge on any atom is 0.254 e. The highest BCUT2D eigenvalue weighted by atomic mass is 32.1. The van der Waals surface area contributed by atoms with Gasteiger partial charge in [-0.15, -0.1) is 11.3 Å². The number of carbonyl (C=O) groups excluding carboxylic acids is 3. The predicted octanol–water partition coefficient (Wildman–Crippen LogP) is 3.58. The summed E-state index contributed by atoms with van der Waals surface area (Å²) in [4.78, 5) is 49.0. The van der Waals surface area contributed by atoms with Gasteiger partial charge in [0.25, 0.3) is 5.91 Å². The average Bonchev–Trinajstić information content (AvgIpc) is 3.68. The van der Waals surface area contributed by atoms with Gasteiger partial charge in [-0.1, -0.05) is 48.0 Å². The monoisotopic (exact) mass is 531 g/mol. The Morgan fingerprint density at radius 2 is 1.71 bits per heavy atom. The molecule has 2 aliphatic rings. The highest BCUT2D eigenvalue weighted by Gasteiger charge is 2.34. The Morgan fingerprint density at radius 3 is 2.39 bits per heavy atom. The fraction of sp³-hybridized carbons (Fsp3) is 0.379. The summed E-state index contributed by atoms with van der Waals surface area (Å²) in [7, 11) is 0. The van der Waals surface area contributed by atoms with Gasteiger partial charge in [0.15, 0.2) is 5.13 Å². The van der Waals surface area contributed by atoms with Gasteiger partial charge in [0.1, 0.15) is 6.54 Å². The minimum atomic E-state index is -0.279. The molecule has 8 nitrogen and oxygen atoms in total. The van der Waals surface area contributed by atoms with Crippen molar-refractivity contribution in [1.82, 2.24) is 19.7 Å². The number of nitrogens with one attached hydrogen (secondary N) is 1. The normalized spacial score (nSPS) is 15.8. The molecule has 9 heteroatoms. The number of anilines is 1. The Balaban J connectivity index is 1.09. The number of benzene rings is 2. The van der Waals surface area contributed by atoms with Crippen LogP contribution in [0.5, 0.6) is 0 Å². The van der Waals surface area contributed by atoms with Gasteiger partial charge in [-0.05, 0) is 37.5 Å². The number of aromatic nitrogens is 1. The van der Waals surface area contributed by atoms with E-state index in [9.17, 15) is 14.4 Å². The molecular weight excluding hydrogens is 498 g/mol. The van der Waals surface area contributed by atoms with Gasteiger partial charge in [0.05, 0.1) is 12.1 Å². The van der Waals surface area contributed by atoms with E-state index >= 15 is 0 Å². The zero-order chi connectivity index (χ0) is 26.5. The predicted molar refractivity (Wildman–Crippen MR) is 148 cm³/mol. The lowest BCUT2D eigenvalue weighted by Gasteiger charge is -2.34. The number of thiazole rings is 1. The van der Waals surface area contributed by atoms with Crippen LogP contribution in [-0.4, -0.2) is 76.2 Å². The molecule has 3 aromatic rings. The number of hydrogen-bond donors (Lipinski definition) is 1. The number of piperazine rings is 1. The maximum absolute atomic E-state index is 13.0. The van der Waals surface area contributed by atoms with Crippen molar-refractivity contribution in [2.45, 2.75) is 38.8 Å². The van der Waals surface area contributed by atoms with E-state index in [4.69, 9.17) is 0 Å². The summed E-state index contributed by atoms with van der Waals surface area (Å²) in [5.74, 6) is -0.354. The summed E-state index contributed by atoms with van der Waals surface area (Å²) in [6.45, 7) is 5.95. The van der Waals surface area contributed by atoms with E-state index < -0.39 is 0 Å². The molecule has 0 unspecified atom stereocenters. The number of nitrogens with zero attached hydrogens (tertiary/aromatic N) is 4. The molecule has 0 spiro atoms. The Morgan fingerprint density at radius 1 is 1.00 bits per heavy atom. The number of amides is 3. The quantitative estimate of drug-likeness (QED) is 0.456. The SMILES string of the molecule is Cc1ccc(C(=O)N(CC(=O)Nc2nc(CC(=O)N3CCN(Cc4ccccc4)CC3)cs2)C2CC2)cc1. The summed E-state index contributed by atoms with van der Waals surface area (Å²) < 4.78 is 0. The van der Waals surface area contributed by atoms with Crippen LogP contribution in [0.3, 0.4) is 0 Å². The lowest BCUT2D eigenvalue weighted by molar-refractivity contribution is -0.132. The molecule has 1 aliphatic heterocycles. The topological polar surface area (TPSA) is 85.8 Å². The molecule has 3 amide bonds. The van der Waals surface area contributed by atoms with Crippen molar-refractivity contribution in [3.63, 3.8) is 0 Å². The zero-order valence-electron chi connectivity index (χ0n) is 21.6. The van der Waals surface area contributed by atoms with E-state index in [1.165, 1.54) is 16.9 Å². The van der Waals surface area contributed by atoms with Gasteiger partial charge in [-0.25, -0.2) is 4.98 Å². The third-order valence-electron chi connectivity index (χ3n) is 6.97. The highest BCUT2D eigenvalue weighted by molar-refractivity contribution is 7.13. The van der Waals surface area contributed by atoms with Crippen molar-refractivity contribution >= 4 is 34.2 Å². The van der Waals surface area contributed by atoms with E-state index in [0.29, 0.717) is 29.5 Å². The van der Waals surface area contributed by atoms with Crippen LogP contribution in [0.25, 0.3) is 0 Å². The molecular formula is C29H33N5O3S. The Hall–Kier alpha value is -3.56. The lowest BCUT2D eigenvalue weighted by Crippen LogP contribution is -2.48. The number of hydrogen-bond acceptors (Lipinski definition) is 6. The van der Waals surface area contributed by atoms with Gasteiger partial charge < -0.3 is 15.1 Å². The molecule has 38 heavy (non-hydrogen) atoms. The molecule has 1 N–H and O–H groups in total. The number of carbonyl (C=O) groups is 3. The first-order chi connectivity index (χ1) is 18.4. The third kappa shape index (κ3) is 6.85. The van der Waals surface area contributed by atoms with Gasteiger partial charge in [0, 0.05) is 49.7 Å². The minimum absolute atomic E-state index is 0.0154. The summed E-state index contributed by atoms with van der Waals surface area (Å²) in [6, 6.07) is 17.9. The molecule has 0 radical (unpaired) electrons. The summed E-state index contributed by atoms with van der Waals surface area (Å²) in [5, 5.41) is 5.08. The average molecular weight is 532 g/mol. The van der Waals surface area contributed by atoms with E-state index in [2.05, 4.69) is 27.3 Å². The first-order valence-electron chi connectivity index (χ1n) is 13.1. The lowest BCUT2D eigenvalue weighted by atomic mass is 10.1. The molecule has 5 rings (SSSR count). The van der Waals surface area contributed by atoms with Crippen LogP contribution in [-0.2, 0) is 22.6 Å². The van der Waals surface area contributed by atoms with Crippen LogP contribution < -0.4 is 5.32 Å². The van der Waals surface area contributed by atoms with Crippen molar-refractivity contribution in [2.24, 2.45) is 0 Å². The molecule has 0 atom stereocenters. The zero-order valence-corrected chi connectivity index (χ0v) is 22.5. The van der Waals surface area contributed by atoms with Gasteiger partial charge in [0.2, 0.25) is 11.8 Å². The van der Waals surface area contributed by atoms with Crippen LogP contribution in [0.15, 0.2) is 60.0 Å². The standard InChI is InChI=1S/C29H33N5O3S/c1-21-7-9-23(10-8-21)28(37)34(25-11-12-25)19-26(35)31-29-30-24(20-38-29)17-27(36)33-15-13-32(14-16-33)18-22-5-3-2-4-6-22/h2-10,20,25H,11-19H2,1H3,(H,30,31,35). The Kier molecular flexibility index (Phi) is 8.14. The summed E-state index contributed by atoms with van der Waals surface area (Å²) in [6.07, 6.45) is 2.04. The van der Waals surface area contributed by atoms with Crippen molar-refractivity contribution < 1.29 is 14.4 Å². The molecule has 2 aromatic carbocycles. The smallest absolute Gasteiger partial charge is 0.254 e. The minimum Gasteiger partial charge on any atom is -0.340 e. The van der Waals surface area contributed by atoms with Gasteiger partial charge in [-0.2, -0.15) is 0 Å². The number of aryl methyl sites for hydroxylation is 1. The molecule has 1 saturated carbocycles. The second-order valence-electron chi connectivity index (χ2n) is 10.0. The van der Waals surface area contributed by atoms with Crippen molar-refractivity contribution in [3.8, 4) is 0 Å². The largest absolute Gasteiger partial charge is 0.340 e. The number of rotatable bonds is 9. The molecule has 2 fully saturated rings. The summed E-state index contributed by atoms with van der Waals surface area (Å²) >= 11 is 1.30. The molecule has 1 saturated heterocycles. The summed E-state index contributed by atoms with van der Waals surface area (Å²) in [5.41, 5.74) is 3.60. The first kappa shape index (κ1) is 26.1. The molecule has 1 aliphatic carbocycles. The third-order valence-corrected chi connectivity index (χ3v) is 7.77. The van der Waals surface area contributed by atoms with Gasteiger partial charge in [-0.3, -0.25) is 19.3 Å². The second kappa shape index (κ2) is 11.9. The fourth-order valence-corrected chi connectivity index (χ4v) is 5.36. The first-order valence-corrected chi connectivity index (χ1v) is 14.0. The Bertz CT molecular complexity index is 1260. The van der Waals surface area contributed by atoms with Crippen molar-refractivity contribution in [3.05, 3.63) is 82.4 Å². The fourth-order valence-electron chi connectivity index (χ4n) is 4.64. The Labute approximate surface area is 227 Å². The highest BCUT2D eigenvalue weighted by Crippen LogP contribution is 2.28. The van der Waals surface area contributed by atoms with E-state index in [0.717, 1.165) is 38.0 Å². The van der Waals surface area contributed by atoms with Gasteiger partial charge >= 0.3 is 0 Å². The van der Waals surface area contributed by atoms with Crippen LogP contribution in [0.2, 0.25) is 0 Å².